The molecule has 1 heterocycles. The standard InChI is InChI=1S/C14H15ClN2O3/c1-16-12(13-10(15)3-2-6-17-13)8-4-5-9(14(19)20)11(18)7-8/h2-7,12,14,16,18-20H,1H3. The predicted octanol–water partition coefficient (Wildman–Crippen LogP) is 1.73. The maximum atomic E-state index is 9.82. The molecule has 0 saturated heterocycles. The number of aliphatic hydroxyl groups excluding tert-OH is 1. The second-order valence-electron chi connectivity index (χ2n) is 4.28. The van der Waals surface area contributed by atoms with Gasteiger partial charge in [-0.3, -0.25) is 4.98 Å². The number of pyridine rings is 1. The second kappa shape index (κ2) is 6.19. The summed E-state index contributed by atoms with van der Waals surface area (Å²) in [5.74, 6) is -0.190. The zero-order chi connectivity index (χ0) is 14.7. The van der Waals surface area contributed by atoms with E-state index in [1.54, 1.807) is 31.4 Å². The van der Waals surface area contributed by atoms with Gasteiger partial charge in [0, 0.05) is 11.8 Å². The summed E-state index contributed by atoms with van der Waals surface area (Å²) < 4.78 is 0. The fraction of sp³-hybridized carbons (Fsp3) is 0.214. The molecule has 106 valence electrons. The van der Waals surface area contributed by atoms with Crippen LogP contribution in [0, 0.1) is 0 Å². The molecule has 6 heteroatoms. The molecule has 0 aliphatic carbocycles. The number of hydrogen-bond acceptors (Lipinski definition) is 5. The van der Waals surface area contributed by atoms with Crippen molar-refractivity contribution in [3.05, 3.63) is 58.4 Å². The summed E-state index contributed by atoms with van der Waals surface area (Å²) in [5, 5.41) is 31.6. The summed E-state index contributed by atoms with van der Waals surface area (Å²) in [6.07, 6.45) is -0.0763. The maximum absolute atomic E-state index is 9.82. The van der Waals surface area contributed by atoms with E-state index in [9.17, 15) is 5.11 Å². The molecule has 0 saturated carbocycles. The van der Waals surface area contributed by atoms with Gasteiger partial charge in [0.25, 0.3) is 0 Å². The Morgan fingerprint density at radius 1 is 1.25 bits per heavy atom. The van der Waals surface area contributed by atoms with Gasteiger partial charge in [0.2, 0.25) is 0 Å². The van der Waals surface area contributed by atoms with Crippen molar-refractivity contribution in [1.29, 1.82) is 0 Å². The molecule has 2 rings (SSSR count). The van der Waals surface area contributed by atoms with Crippen molar-refractivity contribution < 1.29 is 15.3 Å². The van der Waals surface area contributed by atoms with E-state index in [2.05, 4.69) is 10.3 Å². The number of hydrogen-bond donors (Lipinski definition) is 4. The normalized spacial score (nSPS) is 12.7. The van der Waals surface area contributed by atoms with Crippen LogP contribution in [0.5, 0.6) is 5.75 Å². The molecular formula is C14H15ClN2O3. The molecule has 0 aliphatic heterocycles. The SMILES string of the molecule is CNC(c1ccc(C(O)O)c(O)c1)c1ncccc1Cl. The van der Waals surface area contributed by atoms with Gasteiger partial charge in [0.1, 0.15) is 5.75 Å². The van der Waals surface area contributed by atoms with Gasteiger partial charge in [-0.15, -0.1) is 0 Å². The molecule has 0 radical (unpaired) electrons. The van der Waals surface area contributed by atoms with Gasteiger partial charge >= 0.3 is 0 Å². The number of halogens is 1. The van der Waals surface area contributed by atoms with Crippen LogP contribution < -0.4 is 5.32 Å². The Kier molecular flexibility index (Phi) is 4.57. The third kappa shape index (κ3) is 2.91. The summed E-state index contributed by atoms with van der Waals surface area (Å²) >= 11 is 6.12. The summed E-state index contributed by atoms with van der Waals surface area (Å²) in [4.78, 5) is 4.24. The van der Waals surface area contributed by atoms with Crippen LogP contribution in [0.25, 0.3) is 0 Å². The summed E-state index contributed by atoms with van der Waals surface area (Å²) in [6, 6.07) is 7.76. The molecule has 1 unspecified atom stereocenters. The van der Waals surface area contributed by atoms with E-state index >= 15 is 0 Å². The number of rotatable bonds is 4. The van der Waals surface area contributed by atoms with Crippen LogP contribution in [-0.2, 0) is 0 Å². The second-order valence-corrected chi connectivity index (χ2v) is 4.69. The average molecular weight is 295 g/mol. The zero-order valence-electron chi connectivity index (χ0n) is 10.8. The Hall–Kier alpha value is -1.66. The topological polar surface area (TPSA) is 85.6 Å². The van der Waals surface area contributed by atoms with Crippen LogP contribution >= 0.6 is 11.6 Å². The van der Waals surface area contributed by atoms with Gasteiger partial charge in [0.05, 0.1) is 16.8 Å². The number of aromatic hydroxyl groups is 1. The molecule has 1 aromatic carbocycles. The highest BCUT2D eigenvalue weighted by Crippen LogP contribution is 2.31. The van der Waals surface area contributed by atoms with E-state index in [0.29, 0.717) is 10.7 Å². The van der Waals surface area contributed by atoms with Crippen LogP contribution in [0.4, 0.5) is 0 Å². The highest BCUT2D eigenvalue weighted by atomic mass is 35.5. The van der Waals surface area contributed by atoms with Crippen LogP contribution in [0.15, 0.2) is 36.5 Å². The van der Waals surface area contributed by atoms with Crippen molar-refractivity contribution >= 4 is 11.6 Å². The Balaban J connectivity index is 2.43. The number of aromatic nitrogens is 1. The van der Waals surface area contributed by atoms with Crippen LogP contribution in [0.2, 0.25) is 5.02 Å². The van der Waals surface area contributed by atoms with Gasteiger partial charge in [-0.1, -0.05) is 17.7 Å². The molecule has 1 atom stereocenters. The van der Waals surface area contributed by atoms with Crippen molar-refractivity contribution in [2.75, 3.05) is 7.05 Å². The zero-order valence-corrected chi connectivity index (χ0v) is 11.5. The number of phenolic OH excluding ortho intramolecular Hbond substituents is 1. The van der Waals surface area contributed by atoms with Crippen LogP contribution in [0.3, 0.4) is 0 Å². The van der Waals surface area contributed by atoms with Crippen molar-refractivity contribution in [2.45, 2.75) is 12.3 Å². The van der Waals surface area contributed by atoms with Gasteiger partial charge in [-0.25, -0.2) is 0 Å². The van der Waals surface area contributed by atoms with Crippen LogP contribution in [0.1, 0.15) is 29.2 Å². The molecule has 1 aromatic heterocycles. The Morgan fingerprint density at radius 3 is 2.55 bits per heavy atom. The highest BCUT2D eigenvalue weighted by molar-refractivity contribution is 6.31. The number of phenols is 1. The van der Waals surface area contributed by atoms with Crippen molar-refractivity contribution in [3.8, 4) is 5.75 Å². The van der Waals surface area contributed by atoms with Crippen molar-refractivity contribution in [1.82, 2.24) is 10.3 Å². The van der Waals surface area contributed by atoms with E-state index < -0.39 is 6.29 Å². The Labute approximate surface area is 121 Å². The molecule has 20 heavy (non-hydrogen) atoms. The fourth-order valence-electron chi connectivity index (χ4n) is 2.03. The quantitative estimate of drug-likeness (QED) is 0.645. The first-order valence-electron chi connectivity index (χ1n) is 6.01. The van der Waals surface area contributed by atoms with Gasteiger partial charge < -0.3 is 20.6 Å². The fourth-order valence-corrected chi connectivity index (χ4v) is 2.26. The van der Waals surface area contributed by atoms with Crippen molar-refractivity contribution in [3.63, 3.8) is 0 Å². The molecular weight excluding hydrogens is 280 g/mol. The van der Waals surface area contributed by atoms with Crippen molar-refractivity contribution in [2.24, 2.45) is 0 Å². The lowest BCUT2D eigenvalue weighted by atomic mass is 10.0. The summed E-state index contributed by atoms with van der Waals surface area (Å²) in [5.41, 5.74) is 1.40. The lowest BCUT2D eigenvalue weighted by Crippen LogP contribution is -2.19. The minimum Gasteiger partial charge on any atom is -0.507 e. The first-order valence-corrected chi connectivity index (χ1v) is 6.39. The first kappa shape index (κ1) is 14.7. The lowest BCUT2D eigenvalue weighted by Gasteiger charge is -2.18. The lowest BCUT2D eigenvalue weighted by molar-refractivity contribution is -0.0438. The molecule has 0 fully saturated rings. The van der Waals surface area contributed by atoms with E-state index in [1.807, 2.05) is 0 Å². The average Bonchev–Trinajstić information content (AvgIpc) is 2.41. The Bertz CT molecular complexity index is 605. The minimum absolute atomic E-state index is 0.0516. The van der Waals surface area contributed by atoms with E-state index in [4.69, 9.17) is 21.8 Å². The summed E-state index contributed by atoms with van der Waals surface area (Å²) in [7, 11) is 1.75. The maximum Gasteiger partial charge on any atom is 0.182 e. The molecule has 4 N–H and O–H groups in total. The molecule has 0 bridgehead atoms. The van der Waals surface area contributed by atoms with E-state index in [-0.39, 0.29) is 17.4 Å². The Morgan fingerprint density at radius 2 is 2.00 bits per heavy atom. The smallest absolute Gasteiger partial charge is 0.182 e. The molecule has 0 amide bonds. The largest absolute Gasteiger partial charge is 0.507 e. The number of benzene rings is 1. The predicted molar refractivity (Wildman–Crippen MR) is 75.4 cm³/mol. The first-order chi connectivity index (χ1) is 9.54. The monoisotopic (exact) mass is 294 g/mol. The molecule has 5 nitrogen and oxygen atoms in total. The number of aliphatic hydroxyl groups is 2. The molecule has 0 aliphatic rings. The summed E-state index contributed by atoms with van der Waals surface area (Å²) in [6.45, 7) is 0. The third-order valence-corrected chi connectivity index (χ3v) is 3.33. The van der Waals surface area contributed by atoms with E-state index in [0.717, 1.165) is 5.56 Å². The van der Waals surface area contributed by atoms with E-state index in [1.165, 1.54) is 12.1 Å². The van der Waals surface area contributed by atoms with Gasteiger partial charge in [-0.2, -0.15) is 0 Å². The number of nitrogens with one attached hydrogen (secondary N) is 1. The van der Waals surface area contributed by atoms with Gasteiger partial charge in [0.15, 0.2) is 6.29 Å². The molecule has 2 aromatic rings. The minimum atomic E-state index is -1.71. The van der Waals surface area contributed by atoms with Gasteiger partial charge in [-0.05, 0) is 36.9 Å². The number of nitrogens with zero attached hydrogens (tertiary/aromatic N) is 1. The third-order valence-electron chi connectivity index (χ3n) is 3.02. The van der Waals surface area contributed by atoms with Crippen LogP contribution in [-0.4, -0.2) is 27.4 Å². The molecule has 0 spiro atoms. The highest BCUT2D eigenvalue weighted by Gasteiger charge is 2.18.